The fourth-order valence-electron chi connectivity index (χ4n) is 2.36. The quantitative estimate of drug-likeness (QED) is 0.838. The molecule has 3 amide bonds. The Bertz CT molecular complexity index is 601. The molecule has 1 heterocycles. The van der Waals surface area contributed by atoms with Gasteiger partial charge in [-0.05, 0) is 25.0 Å². The van der Waals surface area contributed by atoms with Gasteiger partial charge < -0.3 is 5.32 Å². The third-order valence-corrected chi connectivity index (χ3v) is 5.33. The van der Waals surface area contributed by atoms with E-state index in [4.69, 9.17) is 0 Å². The lowest BCUT2D eigenvalue weighted by atomic mass is 10.2. The average Bonchev–Trinajstić information content (AvgIpc) is 2.54. The van der Waals surface area contributed by atoms with Gasteiger partial charge in [-0.3, -0.25) is 19.3 Å². The molecule has 1 aliphatic rings. The largest absolute Gasteiger partial charge is 0.322 e. The van der Waals surface area contributed by atoms with E-state index in [1.807, 2.05) is 13.8 Å². The van der Waals surface area contributed by atoms with Gasteiger partial charge in [0.05, 0.1) is 16.2 Å². The van der Waals surface area contributed by atoms with Crippen LogP contribution in [0.1, 0.15) is 26.7 Å². The molecule has 0 bridgehead atoms. The molecule has 23 heavy (non-hydrogen) atoms. The normalized spacial score (nSPS) is 21.4. The van der Waals surface area contributed by atoms with Gasteiger partial charge in [0.2, 0.25) is 17.7 Å². The Morgan fingerprint density at radius 3 is 2.26 bits per heavy atom. The Morgan fingerprint density at radius 2 is 1.74 bits per heavy atom. The SMILES string of the molecule is CC[C@@H]1S[C@@H](CC)C(=O)N(CC(=O)Nc2ccccc2F)C1=O. The minimum Gasteiger partial charge on any atom is -0.322 e. The highest BCUT2D eigenvalue weighted by Crippen LogP contribution is 2.31. The second-order valence-electron chi connectivity index (χ2n) is 5.22. The number of para-hydroxylation sites is 1. The number of benzene rings is 1. The Kier molecular flexibility index (Phi) is 5.76. The van der Waals surface area contributed by atoms with Crippen LogP contribution < -0.4 is 5.32 Å². The predicted octanol–water partition coefficient (Wildman–Crippen LogP) is 2.42. The molecule has 0 radical (unpaired) electrons. The van der Waals surface area contributed by atoms with Gasteiger partial charge >= 0.3 is 0 Å². The summed E-state index contributed by atoms with van der Waals surface area (Å²) in [4.78, 5) is 37.7. The van der Waals surface area contributed by atoms with Crippen molar-refractivity contribution in [2.75, 3.05) is 11.9 Å². The molecule has 1 fully saturated rings. The maximum Gasteiger partial charge on any atom is 0.244 e. The molecule has 1 aromatic carbocycles. The van der Waals surface area contributed by atoms with Crippen molar-refractivity contribution in [3.05, 3.63) is 30.1 Å². The van der Waals surface area contributed by atoms with E-state index in [9.17, 15) is 18.8 Å². The van der Waals surface area contributed by atoms with Crippen molar-refractivity contribution in [1.82, 2.24) is 4.90 Å². The molecule has 2 atom stereocenters. The summed E-state index contributed by atoms with van der Waals surface area (Å²) >= 11 is 1.35. The van der Waals surface area contributed by atoms with Gasteiger partial charge in [-0.25, -0.2) is 4.39 Å². The number of hydrogen-bond donors (Lipinski definition) is 1. The van der Waals surface area contributed by atoms with Crippen molar-refractivity contribution in [3.63, 3.8) is 0 Å². The standard InChI is InChI=1S/C16H19FN2O3S/c1-3-12-15(21)19(16(22)13(4-2)23-12)9-14(20)18-11-8-6-5-7-10(11)17/h5-8,12-13H,3-4,9H2,1-2H3,(H,18,20)/t12-,13-/m0/s1. The van der Waals surface area contributed by atoms with Crippen molar-refractivity contribution in [1.29, 1.82) is 0 Å². The van der Waals surface area contributed by atoms with Crippen LogP contribution in [0.3, 0.4) is 0 Å². The number of halogens is 1. The fraction of sp³-hybridized carbons (Fsp3) is 0.438. The molecule has 1 aliphatic heterocycles. The van der Waals surface area contributed by atoms with E-state index in [2.05, 4.69) is 5.32 Å². The van der Waals surface area contributed by atoms with Crippen LogP contribution in [0.15, 0.2) is 24.3 Å². The number of carbonyl (C=O) groups excluding carboxylic acids is 3. The number of rotatable bonds is 5. The van der Waals surface area contributed by atoms with Crippen molar-refractivity contribution in [3.8, 4) is 0 Å². The molecular weight excluding hydrogens is 319 g/mol. The Morgan fingerprint density at radius 1 is 1.17 bits per heavy atom. The van der Waals surface area contributed by atoms with Gasteiger partial charge in [-0.1, -0.05) is 26.0 Å². The van der Waals surface area contributed by atoms with Gasteiger partial charge in [0, 0.05) is 0 Å². The van der Waals surface area contributed by atoms with Crippen molar-refractivity contribution >= 4 is 35.2 Å². The molecule has 1 N–H and O–H groups in total. The maximum atomic E-state index is 13.5. The summed E-state index contributed by atoms with van der Waals surface area (Å²) in [5.41, 5.74) is 0.0304. The van der Waals surface area contributed by atoms with E-state index in [1.54, 1.807) is 6.07 Å². The molecule has 7 heteroatoms. The third-order valence-electron chi connectivity index (χ3n) is 3.60. The number of thioether (sulfide) groups is 1. The molecule has 124 valence electrons. The average molecular weight is 338 g/mol. The summed E-state index contributed by atoms with van der Waals surface area (Å²) < 4.78 is 13.5. The van der Waals surface area contributed by atoms with E-state index in [-0.39, 0.29) is 34.5 Å². The van der Waals surface area contributed by atoms with Gasteiger partial charge in [0.15, 0.2) is 0 Å². The number of amides is 3. The summed E-state index contributed by atoms with van der Waals surface area (Å²) in [7, 11) is 0. The summed E-state index contributed by atoms with van der Waals surface area (Å²) in [5, 5.41) is 1.76. The highest BCUT2D eigenvalue weighted by Gasteiger charge is 2.40. The summed E-state index contributed by atoms with van der Waals surface area (Å²) in [6.45, 7) is 3.35. The highest BCUT2D eigenvalue weighted by atomic mass is 32.2. The predicted molar refractivity (Wildman–Crippen MR) is 87.5 cm³/mol. The molecule has 1 saturated heterocycles. The molecule has 5 nitrogen and oxygen atoms in total. The van der Waals surface area contributed by atoms with Crippen molar-refractivity contribution in [2.45, 2.75) is 37.2 Å². The Labute approximate surface area is 138 Å². The first-order chi connectivity index (χ1) is 11.0. The Hall–Kier alpha value is -1.89. The van der Waals surface area contributed by atoms with Crippen molar-refractivity contribution < 1.29 is 18.8 Å². The lowest BCUT2D eigenvalue weighted by molar-refractivity contribution is -0.147. The van der Waals surface area contributed by atoms with E-state index in [0.29, 0.717) is 12.8 Å². The van der Waals surface area contributed by atoms with Crippen LogP contribution in [-0.4, -0.2) is 39.7 Å². The van der Waals surface area contributed by atoms with Gasteiger partial charge in [0.1, 0.15) is 12.4 Å². The first-order valence-electron chi connectivity index (χ1n) is 7.53. The molecule has 0 saturated carbocycles. The molecule has 0 unspecified atom stereocenters. The minimum absolute atomic E-state index is 0.0304. The Balaban J connectivity index is 2.10. The highest BCUT2D eigenvalue weighted by molar-refractivity contribution is 8.02. The van der Waals surface area contributed by atoms with E-state index >= 15 is 0 Å². The van der Waals surface area contributed by atoms with Crippen LogP contribution in [0.2, 0.25) is 0 Å². The maximum absolute atomic E-state index is 13.5. The topological polar surface area (TPSA) is 66.5 Å². The van der Waals surface area contributed by atoms with E-state index < -0.39 is 11.7 Å². The van der Waals surface area contributed by atoms with Crippen LogP contribution in [-0.2, 0) is 14.4 Å². The van der Waals surface area contributed by atoms with Crippen molar-refractivity contribution in [2.24, 2.45) is 0 Å². The second kappa shape index (κ2) is 7.59. The zero-order valence-electron chi connectivity index (χ0n) is 13.0. The van der Waals surface area contributed by atoms with Gasteiger partial charge in [0.25, 0.3) is 0 Å². The first kappa shape index (κ1) is 17.5. The van der Waals surface area contributed by atoms with Gasteiger partial charge in [-0.2, -0.15) is 0 Å². The molecule has 0 aromatic heterocycles. The number of carbonyl (C=O) groups is 3. The zero-order valence-corrected chi connectivity index (χ0v) is 13.9. The summed E-state index contributed by atoms with van der Waals surface area (Å²) in [6.07, 6.45) is 1.19. The van der Waals surface area contributed by atoms with E-state index in [1.165, 1.54) is 30.0 Å². The number of nitrogens with zero attached hydrogens (tertiary/aromatic N) is 1. The monoisotopic (exact) mass is 338 g/mol. The zero-order chi connectivity index (χ0) is 17.0. The van der Waals surface area contributed by atoms with E-state index in [0.717, 1.165) is 4.90 Å². The molecular formula is C16H19FN2O3S. The van der Waals surface area contributed by atoms with Crippen LogP contribution in [0.4, 0.5) is 10.1 Å². The summed E-state index contributed by atoms with van der Waals surface area (Å²) in [6, 6.07) is 5.75. The lowest BCUT2D eigenvalue weighted by Gasteiger charge is -2.34. The second-order valence-corrected chi connectivity index (χ2v) is 6.63. The van der Waals surface area contributed by atoms with Crippen LogP contribution in [0, 0.1) is 5.82 Å². The number of imide groups is 1. The third kappa shape index (κ3) is 3.90. The fourth-order valence-corrected chi connectivity index (χ4v) is 3.63. The minimum atomic E-state index is -0.589. The number of anilines is 1. The lowest BCUT2D eigenvalue weighted by Crippen LogP contribution is -2.53. The van der Waals surface area contributed by atoms with Crippen LogP contribution >= 0.6 is 11.8 Å². The number of hydrogen-bond acceptors (Lipinski definition) is 4. The van der Waals surface area contributed by atoms with Gasteiger partial charge in [-0.15, -0.1) is 11.8 Å². The smallest absolute Gasteiger partial charge is 0.244 e. The first-order valence-corrected chi connectivity index (χ1v) is 8.47. The molecule has 0 aliphatic carbocycles. The molecule has 0 spiro atoms. The van der Waals surface area contributed by atoms with Crippen LogP contribution in [0.5, 0.6) is 0 Å². The van der Waals surface area contributed by atoms with Crippen LogP contribution in [0.25, 0.3) is 0 Å². The summed E-state index contributed by atoms with van der Waals surface area (Å²) in [5.74, 6) is -1.86. The molecule has 1 aromatic rings. The molecule has 2 rings (SSSR count). The number of nitrogens with one attached hydrogen (secondary N) is 1.